The molecular weight excluding hydrogens is 262 g/mol. The molecule has 0 fully saturated rings. The zero-order chi connectivity index (χ0) is 15.1. The van der Waals surface area contributed by atoms with Crippen molar-refractivity contribution < 1.29 is 4.79 Å². The van der Waals surface area contributed by atoms with Gasteiger partial charge in [-0.05, 0) is 37.1 Å². The topological polar surface area (TPSA) is 54.0 Å². The SMILES string of the molecule is CCCNc1ccccc1C(=O)NCc1ncccc1C. The number of hydrogen-bond acceptors (Lipinski definition) is 3. The summed E-state index contributed by atoms with van der Waals surface area (Å²) in [4.78, 5) is 16.6. The fourth-order valence-electron chi connectivity index (χ4n) is 2.06. The second-order valence-corrected chi connectivity index (χ2v) is 4.92. The van der Waals surface area contributed by atoms with Crippen LogP contribution in [0.1, 0.15) is 35.0 Å². The van der Waals surface area contributed by atoms with Gasteiger partial charge >= 0.3 is 0 Å². The average molecular weight is 283 g/mol. The molecule has 4 heteroatoms. The second-order valence-electron chi connectivity index (χ2n) is 4.92. The first-order valence-electron chi connectivity index (χ1n) is 7.24. The van der Waals surface area contributed by atoms with Gasteiger partial charge in [0.15, 0.2) is 0 Å². The van der Waals surface area contributed by atoms with Crippen LogP contribution >= 0.6 is 0 Å². The maximum absolute atomic E-state index is 12.3. The predicted octanol–water partition coefficient (Wildman–Crippen LogP) is 3.14. The van der Waals surface area contributed by atoms with Crippen molar-refractivity contribution in [2.24, 2.45) is 0 Å². The Labute approximate surface area is 125 Å². The molecule has 1 aromatic carbocycles. The summed E-state index contributed by atoms with van der Waals surface area (Å²) < 4.78 is 0. The van der Waals surface area contributed by atoms with Crippen molar-refractivity contribution >= 4 is 11.6 Å². The molecule has 1 aromatic heterocycles. The smallest absolute Gasteiger partial charge is 0.253 e. The van der Waals surface area contributed by atoms with Gasteiger partial charge in [0.25, 0.3) is 5.91 Å². The molecule has 0 radical (unpaired) electrons. The third kappa shape index (κ3) is 4.05. The van der Waals surface area contributed by atoms with E-state index < -0.39 is 0 Å². The van der Waals surface area contributed by atoms with Crippen LogP contribution < -0.4 is 10.6 Å². The molecule has 2 N–H and O–H groups in total. The monoisotopic (exact) mass is 283 g/mol. The van der Waals surface area contributed by atoms with E-state index in [1.54, 1.807) is 6.20 Å². The molecule has 0 spiro atoms. The molecule has 1 heterocycles. The van der Waals surface area contributed by atoms with Crippen LogP contribution in [0.5, 0.6) is 0 Å². The van der Waals surface area contributed by atoms with Crippen molar-refractivity contribution in [3.05, 3.63) is 59.4 Å². The number of para-hydroxylation sites is 1. The Morgan fingerprint density at radius 3 is 2.76 bits per heavy atom. The summed E-state index contributed by atoms with van der Waals surface area (Å²) in [5.74, 6) is -0.0840. The van der Waals surface area contributed by atoms with Gasteiger partial charge in [0.1, 0.15) is 0 Å². The number of nitrogens with one attached hydrogen (secondary N) is 2. The second kappa shape index (κ2) is 7.43. The van der Waals surface area contributed by atoms with Crippen LogP contribution in [0.25, 0.3) is 0 Å². The van der Waals surface area contributed by atoms with Crippen LogP contribution in [-0.2, 0) is 6.54 Å². The first-order chi connectivity index (χ1) is 10.2. The number of amides is 1. The molecule has 0 aliphatic heterocycles. The lowest BCUT2D eigenvalue weighted by molar-refractivity contribution is 0.0951. The standard InChI is InChI=1S/C17H21N3O/c1-3-10-18-15-9-5-4-8-14(15)17(21)20-12-16-13(2)7-6-11-19-16/h4-9,11,18H,3,10,12H2,1-2H3,(H,20,21). The van der Waals surface area contributed by atoms with Gasteiger partial charge in [0, 0.05) is 18.4 Å². The Morgan fingerprint density at radius 2 is 2.00 bits per heavy atom. The minimum Gasteiger partial charge on any atom is -0.384 e. The van der Waals surface area contributed by atoms with Crippen molar-refractivity contribution in [2.75, 3.05) is 11.9 Å². The van der Waals surface area contributed by atoms with E-state index in [-0.39, 0.29) is 5.91 Å². The van der Waals surface area contributed by atoms with Gasteiger partial charge in [0.05, 0.1) is 17.8 Å². The largest absolute Gasteiger partial charge is 0.384 e. The van der Waals surface area contributed by atoms with E-state index in [1.165, 1.54) is 0 Å². The minimum atomic E-state index is -0.0840. The van der Waals surface area contributed by atoms with E-state index in [1.807, 2.05) is 43.3 Å². The van der Waals surface area contributed by atoms with Crippen LogP contribution in [0.3, 0.4) is 0 Å². The van der Waals surface area contributed by atoms with E-state index in [4.69, 9.17) is 0 Å². The number of hydrogen-bond donors (Lipinski definition) is 2. The number of rotatable bonds is 6. The predicted molar refractivity (Wildman–Crippen MR) is 85.4 cm³/mol. The van der Waals surface area contributed by atoms with Crippen molar-refractivity contribution in [1.82, 2.24) is 10.3 Å². The fraction of sp³-hybridized carbons (Fsp3) is 0.294. The fourth-order valence-corrected chi connectivity index (χ4v) is 2.06. The lowest BCUT2D eigenvalue weighted by Crippen LogP contribution is -2.24. The van der Waals surface area contributed by atoms with E-state index in [0.717, 1.165) is 29.9 Å². The molecule has 2 rings (SSSR count). The first-order valence-corrected chi connectivity index (χ1v) is 7.24. The third-order valence-corrected chi connectivity index (χ3v) is 3.27. The normalized spacial score (nSPS) is 10.2. The number of carbonyl (C=O) groups is 1. The number of carbonyl (C=O) groups excluding carboxylic acids is 1. The Hall–Kier alpha value is -2.36. The van der Waals surface area contributed by atoms with Gasteiger partial charge in [-0.25, -0.2) is 0 Å². The van der Waals surface area contributed by atoms with E-state index in [9.17, 15) is 4.79 Å². The van der Waals surface area contributed by atoms with Crippen LogP contribution in [0.2, 0.25) is 0 Å². The molecule has 110 valence electrons. The summed E-state index contributed by atoms with van der Waals surface area (Å²) in [5.41, 5.74) is 3.51. The molecule has 0 bridgehead atoms. The molecule has 0 saturated carbocycles. The summed E-state index contributed by atoms with van der Waals surface area (Å²) in [6.45, 7) is 5.38. The molecule has 0 saturated heterocycles. The molecule has 0 atom stereocenters. The van der Waals surface area contributed by atoms with Gasteiger partial charge in [-0.1, -0.05) is 25.1 Å². The van der Waals surface area contributed by atoms with Crippen molar-refractivity contribution in [3.8, 4) is 0 Å². The number of aromatic nitrogens is 1. The van der Waals surface area contributed by atoms with Crippen molar-refractivity contribution in [3.63, 3.8) is 0 Å². The Balaban J connectivity index is 2.05. The van der Waals surface area contributed by atoms with Gasteiger partial charge in [-0.2, -0.15) is 0 Å². The van der Waals surface area contributed by atoms with Crippen LogP contribution in [0.15, 0.2) is 42.6 Å². The molecule has 2 aromatic rings. The summed E-state index contributed by atoms with van der Waals surface area (Å²) in [6, 6.07) is 11.4. The number of benzene rings is 1. The average Bonchev–Trinajstić information content (AvgIpc) is 2.52. The Morgan fingerprint density at radius 1 is 1.19 bits per heavy atom. The molecule has 0 aliphatic rings. The Bertz CT molecular complexity index is 610. The maximum atomic E-state index is 12.3. The highest BCUT2D eigenvalue weighted by molar-refractivity contribution is 5.99. The zero-order valence-corrected chi connectivity index (χ0v) is 12.5. The number of nitrogens with zero attached hydrogens (tertiary/aromatic N) is 1. The quantitative estimate of drug-likeness (QED) is 0.856. The molecule has 4 nitrogen and oxygen atoms in total. The summed E-state index contributed by atoms with van der Waals surface area (Å²) >= 11 is 0. The van der Waals surface area contributed by atoms with E-state index >= 15 is 0 Å². The van der Waals surface area contributed by atoms with Gasteiger partial charge in [-0.15, -0.1) is 0 Å². The van der Waals surface area contributed by atoms with Gasteiger partial charge in [-0.3, -0.25) is 9.78 Å². The van der Waals surface area contributed by atoms with E-state index in [0.29, 0.717) is 12.1 Å². The van der Waals surface area contributed by atoms with Crippen molar-refractivity contribution in [1.29, 1.82) is 0 Å². The summed E-state index contributed by atoms with van der Waals surface area (Å²) in [5, 5.41) is 6.21. The number of anilines is 1. The molecule has 0 aliphatic carbocycles. The van der Waals surface area contributed by atoms with Gasteiger partial charge in [0.2, 0.25) is 0 Å². The Kier molecular flexibility index (Phi) is 5.32. The first kappa shape index (κ1) is 15.0. The van der Waals surface area contributed by atoms with E-state index in [2.05, 4.69) is 22.5 Å². The highest BCUT2D eigenvalue weighted by atomic mass is 16.1. The summed E-state index contributed by atoms with van der Waals surface area (Å²) in [6.07, 6.45) is 2.76. The third-order valence-electron chi connectivity index (χ3n) is 3.27. The highest BCUT2D eigenvalue weighted by Gasteiger charge is 2.10. The van der Waals surface area contributed by atoms with Crippen LogP contribution in [0, 0.1) is 6.92 Å². The van der Waals surface area contributed by atoms with Gasteiger partial charge < -0.3 is 10.6 Å². The molecular formula is C17H21N3O. The lowest BCUT2D eigenvalue weighted by Gasteiger charge is -2.12. The number of aryl methyl sites for hydroxylation is 1. The number of pyridine rings is 1. The van der Waals surface area contributed by atoms with Crippen LogP contribution in [-0.4, -0.2) is 17.4 Å². The zero-order valence-electron chi connectivity index (χ0n) is 12.5. The maximum Gasteiger partial charge on any atom is 0.253 e. The van der Waals surface area contributed by atoms with Crippen LogP contribution in [0.4, 0.5) is 5.69 Å². The summed E-state index contributed by atoms with van der Waals surface area (Å²) in [7, 11) is 0. The minimum absolute atomic E-state index is 0.0840. The lowest BCUT2D eigenvalue weighted by atomic mass is 10.1. The molecule has 1 amide bonds. The highest BCUT2D eigenvalue weighted by Crippen LogP contribution is 2.15. The van der Waals surface area contributed by atoms with Crippen molar-refractivity contribution in [2.45, 2.75) is 26.8 Å². The molecule has 0 unspecified atom stereocenters. The molecule has 21 heavy (non-hydrogen) atoms.